The molecule has 3 rings (SSSR count). The number of benzene rings is 3. The summed E-state index contributed by atoms with van der Waals surface area (Å²) in [4.78, 5) is 3.99. The van der Waals surface area contributed by atoms with E-state index in [0.717, 1.165) is 0 Å². The fraction of sp³-hybridized carbons (Fsp3) is 0. The van der Waals surface area contributed by atoms with Crippen molar-refractivity contribution < 1.29 is 0 Å². The van der Waals surface area contributed by atoms with Crippen LogP contribution in [0.2, 0.25) is 0 Å². The van der Waals surface area contributed by atoms with E-state index in [-0.39, 0.29) is 0 Å². The summed E-state index contributed by atoms with van der Waals surface area (Å²) in [5.74, 6) is 0. The molecule has 0 bridgehead atoms. The van der Waals surface area contributed by atoms with Crippen LogP contribution in [0, 0.1) is 0 Å². The normalized spacial score (nSPS) is 11.6. The third kappa shape index (κ3) is 9.31. The molecule has 0 aliphatic carbocycles. The van der Waals surface area contributed by atoms with Gasteiger partial charge in [0.2, 0.25) is 0 Å². The molecule has 0 radical (unpaired) electrons. The molecular formula is C30H27S3Sb. The molecule has 0 spiro atoms. The topological polar surface area (TPSA) is 0 Å². The van der Waals surface area contributed by atoms with E-state index in [1.165, 1.54) is 31.4 Å². The zero-order chi connectivity index (χ0) is 24.0. The molecule has 3 aromatic carbocycles. The first-order valence-corrected chi connectivity index (χ1v) is 22.4. The Balaban J connectivity index is 1.77. The zero-order valence-electron chi connectivity index (χ0n) is 18.9. The molecule has 0 atom stereocenters. The van der Waals surface area contributed by atoms with Crippen molar-refractivity contribution in [2.24, 2.45) is 0 Å². The zero-order valence-corrected chi connectivity index (χ0v) is 23.9. The Labute approximate surface area is 219 Å². The summed E-state index contributed by atoms with van der Waals surface area (Å²) in [7, 11) is 6.17. The van der Waals surface area contributed by atoms with Crippen LogP contribution in [0.25, 0.3) is 18.2 Å². The maximum atomic E-state index is 3.75. The number of hydrogen-bond acceptors (Lipinski definition) is 3. The summed E-state index contributed by atoms with van der Waals surface area (Å²) in [5.41, 5.74) is 3.58. The van der Waals surface area contributed by atoms with E-state index in [4.69, 9.17) is 0 Å². The van der Waals surface area contributed by atoms with Crippen LogP contribution < -0.4 is 0 Å². The van der Waals surface area contributed by atoms with E-state index < -0.39 is 16.0 Å². The standard InChI is InChI=1S/3C10H10S.Sb/c3*1-2-3-4-9-5-7-10(11)8-6-9;/h3*2-8,11H,1H2;/q;;;+3/p-3. The van der Waals surface area contributed by atoms with Crippen LogP contribution in [0.1, 0.15) is 16.7 Å². The van der Waals surface area contributed by atoms with Gasteiger partial charge in [0.25, 0.3) is 0 Å². The molecule has 0 N–H and O–H groups in total. The maximum absolute atomic E-state index is 3.75. The predicted molar refractivity (Wildman–Crippen MR) is 160 cm³/mol. The van der Waals surface area contributed by atoms with Crippen LogP contribution in [0.15, 0.2) is 144 Å². The van der Waals surface area contributed by atoms with Crippen LogP contribution in [0.4, 0.5) is 0 Å². The fourth-order valence-electron chi connectivity index (χ4n) is 2.77. The Morgan fingerprint density at radius 1 is 0.441 bits per heavy atom. The third-order valence-electron chi connectivity index (χ3n) is 4.45. The van der Waals surface area contributed by atoms with Crippen LogP contribution in [-0.4, -0.2) is 16.0 Å². The number of hydrogen-bond donors (Lipinski definition) is 0. The molecule has 0 unspecified atom stereocenters. The van der Waals surface area contributed by atoms with E-state index in [1.54, 1.807) is 18.2 Å². The summed E-state index contributed by atoms with van der Waals surface area (Å²) in [5, 5.41) is 0. The molecule has 0 amide bonds. The molecule has 0 aliphatic heterocycles. The molecular weight excluding hydrogens is 578 g/mol. The van der Waals surface area contributed by atoms with Gasteiger partial charge in [-0.1, -0.05) is 0 Å². The van der Waals surface area contributed by atoms with Crippen LogP contribution >= 0.6 is 26.5 Å². The van der Waals surface area contributed by atoms with E-state index in [0.29, 0.717) is 0 Å². The second kappa shape index (κ2) is 15.1. The quantitative estimate of drug-likeness (QED) is 0.149. The summed E-state index contributed by atoms with van der Waals surface area (Å²) in [6.07, 6.45) is 17.5. The molecule has 170 valence electrons. The summed E-state index contributed by atoms with van der Waals surface area (Å²) >= 11 is -1.91. The van der Waals surface area contributed by atoms with Crippen molar-refractivity contribution >= 4 is 60.8 Å². The summed E-state index contributed by atoms with van der Waals surface area (Å²) in [6.45, 7) is 11.2. The molecule has 4 heteroatoms. The number of allylic oxidation sites excluding steroid dienone is 6. The Bertz CT molecular complexity index is 1000. The van der Waals surface area contributed by atoms with Gasteiger partial charge >= 0.3 is 221 Å². The van der Waals surface area contributed by atoms with Gasteiger partial charge in [0, 0.05) is 0 Å². The average molecular weight is 606 g/mol. The van der Waals surface area contributed by atoms with Gasteiger partial charge in [0.1, 0.15) is 0 Å². The Kier molecular flexibility index (Phi) is 11.8. The second-order valence-electron chi connectivity index (χ2n) is 6.99. The van der Waals surface area contributed by atoms with Gasteiger partial charge in [0.15, 0.2) is 0 Å². The van der Waals surface area contributed by atoms with Gasteiger partial charge in [0.05, 0.1) is 0 Å². The van der Waals surface area contributed by atoms with Gasteiger partial charge in [-0.15, -0.1) is 0 Å². The predicted octanol–water partition coefficient (Wildman–Crippen LogP) is 9.95. The summed E-state index contributed by atoms with van der Waals surface area (Å²) in [6, 6.07) is 26.5. The van der Waals surface area contributed by atoms with E-state index in [9.17, 15) is 0 Å². The molecule has 0 heterocycles. The second-order valence-corrected chi connectivity index (χ2v) is 26.9. The van der Waals surface area contributed by atoms with Crippen LogP contribution in [-0.2, 0) is 0 Å². The molecule has 0 saturated heterocycles. The monoisotopic (exact) mass is 604 g/mol. The Morgan fingerprint density at radius 3 is 0.941 bits per heavy atom. The van der Waals surface area contributed by atoms with E-state index in [2.05, 4.69) is 137 Å². The first kappa shape index (κ1) is 26.6. The minimum atomic E-state index is -1.91. The van der Waals surface area contributed by atoms with Crippen LogP contribution in [0.3, 0.4) is 0 Å². The van der Waals surface area contributed by atoms with Gasteiger partial charge in [-0.05, 0) is 0 Å². The van der Waals surface area contributed by atoms with Crippen molar-refractivity contribution in [1.82, 2.24) is 0 Å². The molecule has 0 fully saturated rings. The molecule has 0 saturated carbocycles. The molecule has 34 heavy (non-hydrogen) atoms. The molecule has 3 aromatic rings. The van der Waals surface area contributed by atoms with Crippen molar-refractivity contribution in [2.45, 2.75) is 14.7 Å². The van der Waals surface area contributed by atoms with Gasteiger partial charge < -0.3 is 0 Å². The third-order valence-corrected chi connectivity index (χ3v) is 24.6. The van der Waals surface area contributed by atoms with Crippen LogP contribution in [0.5, 0.6) is 0 Å². The summed E-state index contributed by atoms with van der Waals surface area (Å²) < 4.78 is 0. The van der Waals surface area contributed by atoms with Crippen molar-refractivity contribution in [3.8, 4) is 0 Å². The van der Waals surface area contributed by atoms with Gasteiger partial charge in [-0.2, -0.15) is 0 Å². The van der Waals surface area contributed by atoms with Crippen molar-refractivity contribution in [3.05, 3.63) is 146 Å². The molecule has 0 aromatic heterocycles. The molecule has 0 aliphatic rings. The van der Waals surface area contributed by atoms with Crippen molar-refractivity contribution in [1.29, 1.82) is 0 Å². The average Bonchev–Trinajstić information content (AvgIpc) is 2.87. The fourth-order valence-corrected chi connectivity index (χ4v) is 25.3. The first-order chi connectivity index (χ1) is 16.7. The van der Waals surface area contributed by atoms with Gasteiger partial charge in [-0.25, -0.2) is 0 Å². The van der Waals surface area contributed by atoms with E-state index in [1.807, 2.05) is 18.2 Å². The van der Waals surface area contributed by atoms with E-state index >= 15 is 0 Å². The van der Waals surface area contributed by atoms with Gasteiger partial charge in [-0.3, -0.25) is 0 Å². The Hall–Kier alpha value is -2.03. The van der Waals surface area contributed by atoms with Crippen molar-refractivity contribution in [2.75, 3.05) is 0 Å². The first-order valence-electron chi connectivity index (χ1n) is 10.7. The SMILES string of the molecule is C=CC=Cc1ccc([S][Sb]([S]c2ccc(C=CC=C)cc2)[S]c2ccc(C=CC=C)cc2)cc1. The minimum absolute atomic E-state index is 1.19. The van der Waals surface area contributed by atoms with Crippen molar-refractivity contribution in [3.63, 3.8) is 0 Å². The number of rotatable bonds is 12. The molecule has 0 nitrogen and oxygen atoms in total. The Morgan fingerprint density at radius 2 is 0.706 bits per heavy atom.